The highest BCUT2D eigenvalue weighted by atomic mass is 32.2. The van der Waals surface area contributed by atoms with Gasteiger partial charge in [-0.15, -0.1) is 11.3 Å². The van der Waals surface area contributed by atoms with Crippen molar-refractivity contribution in [2.45, 2.75) is 10.9 Å². The van der Waals surface area contributed by atoms with Gasteiger partial charge in [-0.1, -0.05) is 11.8 Å². The molecule has 2 aromatic heterocycles. The second-order valence-electron chi connectivity index (χ2n) is 2.77. The van der Waals surface area contributed by atoms with Crippen molar-refractivity contribution in [2.75, 3.05) is 0 Å². The molecule has 2 aromatic rings. The first-order chi connectivity index (χ1) is 7.75. The van der Waals surface area contributed by atoms with Gasteiger partial charge in [-0.25, -0.2) is 19.7 Å². The van der Waals surface area contributed by atoms with E-state index < -0.39 is 5.97 Å². The van der Waals surface area contributed by atoms with Crippen LogP contribution in [-0.2, 0) is 5.75 Å². The number of rotatable bonds is 4. The molecule has 0 aliphatic heterocycles. The van der Waals surface area contributed by atoms with Gasteiger partial charge in [0.15, 0.2) is 5.16 Å². The average molecular weight is 253 g/mol. The number of nitrogens with zero attached hydrogens (tertiary/aromatic N) is 3. The van der Waals surface area contributed by atoms with Crippen molar-refractivity contribution >= 4 is 29.1 Å². The molecule has 0 radical (unpaired) electrons. The van der Waals surface area contributed by atoms with Crippen molar-refractivity contribution in [3.63, 3.8) is 0 Å². The zero-order chi connectivity index (χ0) is 11.4. The molecule has 0 aliphatic carbocycles. The van der Waals surface area contributed by atoms with E-state index in [2.05, 4.69) is 15.0 Å². The van der Waals surface area contributed by atoms with Crippen LogP contribution in [-0.4, -0.2) is 26.0 Å². The van der Waals surface area contributed by atoms with Gasteiger partial charge in [0.25, 0.3) is 0 Å². The Morgan fingerprint density at radius 1 is 1.44 bits per heavy atom. The van der Waals surface area contributed by atoms with E-state index in [0.717, 1.165) is 17.0 Å². The molecule has 2 rings (SSSR count). The lowest BCUT2D eigenvalue weighted by atomic mass is 10.6. The summed E-state index contributed by atoms with van der Waals surface area (Å²) in [6, 6.07) is 1.75. The first-order valence-electron chi connectivity index (χ1n) is 4.33. The number of carboxylic acid groups (broad SMARTS) is 1. The normalized spacial score (nSPS) is 10.2. The topological polar surface area (TPSA) is 76.0 Å². The van der Waals surface area contributed by atoms with Crippen molar-refractivity contribution in [3.8, 4) is 0 Å². The van der Waals surface area contributed by atoms with Crippen LogP contribution in [0.3, 0.4) is 0 Å². The van der Waals surface area contributed by atoms with E-state index in [1.165, 1.54) is 11.8 Å². The summed E-state index contributed by atoms with van der Waals surface area (Å²) in [4.78, 5) is 22.7. The molecule has 1 N–H and O–H groups in total. The van der Waals surface area contributed by atoms with Crippen LogP contribution in [0.1, 0.15) is 15.5 Å². The Labute approximate surface area is 99.6 Å². The third kappa shape index (κ3) is 2.77. The molecule has 0 saturated heterocycles. The second-order valence-corrected chi connectivity index (χ2v) is 4.57. The Balaban J connectivity index is 1.97. The fourth-order valence-electron chi connectivity index (χ4n) is 0.970. The molecule has 0 saturated carbocycles. The van der Waals surface area contributed by atoms with E-state index in [4.69, 9.17) is 5.11 Å². The van der Waals surface area contributed by atoms with Gasteiger partial charge < -0.3 is 5.11 Å². The molecule has 0 amide bonds. The number of carboxylic acids is 1. The maximum atomic E-state index is 10.6. The van der Waals surface area contributed by atoms with Crippen LogP contribution in [0.4, 0.5) is 0 Å². The van der Waals surface area contributed by atoms with Crippen LogP contribution in [0.2, 0.25) is 0 Å². The number of hydrogen-bond donors (Lipinski definition) is 1. The molecule has 7 heteroatoms. The molecule has 0 spiro atoms. The summed E-state index contributed by atoms with van der Waals surface area (Å²) in [6.45, 7) is 0. The highest BCUT2D eigenvalue weighted by Crippen LogP contribution is 2.19. The molecular formula is C9H7N3O2S2. The summed E-state index contributed by atoms with van der Waals surface area (Å²) in [5, 5.41) is 11.2. The minimum Gasteiger partial charge on any atom is -0.476 e. The number of hydrogen-bond acceptors (Lipinski definition) is 6. The summed E-state index contributed by atoms with van der Waals surface area (Å²) in [5.41, 5.74) is 0.736. The highest BCUT2D eigenvalue weighted by molar-refractivity contribution is 7.98. The maximum absolute atomic E-state index is 10.6. The van der Waals surface area contributed by atoms with Crippen molar-refractivity contribution in [3.05, 3.63) is 34.5 Å². The predicted molar refractivity (Wildman–Crippen MR) is 60.7 cm³/mol. The van der Waals surface area contributed by atoms with Gasteiger partial charge in [-0.05, 0) is 6.07 Å². The summed E-state index contributed by atoms with van der Waals surface area (Å²) in [6.07, 6.45) is 3.33. The largest absolute Gasteiger partial charge is 0.476 e. The SMILES string of the molecule is O=C(O)c1nc(CSc2ncccn2)cs1. The molecule has 0 aliphatic rings. The first-order valence-corrected chi connectivity index (χ1v) is 6.20. The molecule has 82 valence electrons. The molecule has 2 heterocycles. The number of thiazole rings is 1. The van der Waals surface area contributed by atoms with Gasteiger partial charge in [0, 0.05) is 23.5 Å². The molecule has 0 atom stereocenters. The van der Waals surface area contributed by atoms with Gasteiger partial charge in [-0.3, -0.25) is 0 Å². The lowest BCUT2D eigenvalue weighted by Crippen LogP contribution is -1.95. The summed E-state index contributed by atoms with van der Waals surface area (Å²) >= 11 is 2.56. The van der Waals surface area contributed by atoms with Crippen LogP contribution in [0.5, 0.6) is 0 Å². The number of thioether (sulfide) groups is 1. The van der Waals surface area contributed by atoms with Crippen LogP contribution in [0, 0.1) is 0 Å². The Morgan fingerprint density at radius 3 is 2.81 bits per heavy atom. The Hall–Kier alpha value is -1.47. The molecule has 5 nitrogen and oxygen atoms in total. The third-order valence-electron chi connectivity index (χ3n) is 1.63. The molecule has 0 fully saturated rings. The monoisotopic (exact) mass is 253 g/mol. The van der Waals surface area contributed by atoms with Crippen LogP contribution < -0.4 is 0 Å². The maximum Gasteiger partial charge on any atom is 0.365 e. The lowest BCUT2D eigenvalue weighted by molar-refractivity contribution is 0.0696. The summed E-state index contributed by atoms with van der Waals surface area (Å²) in [7, 11) is 0. The molecule has 0 aromatic carbocycles. The van der Waals surface area contributed by atoms with E-state index in [1.807, 2.05) is 0 Å². The minimum atomic E-state index is -0.989. The zero-order valence-electron chi connectivity index (χ0n) is 8.03. The fourth-order valence-corrected chi connectivity index (χ4v) is 2.43. The van der Waals surface area contributed by atoms with E-state index in [1.54, 1.807) is 23.8 Å². The number of aromatic carboxylic acids is 1. The lowest BCUT2D eigenvalue weighted by Gasteiger charge is -1.95. The van der Waals surface area contributed by atoms with E-state index in [9.17, 15) is 4.79 Å². The van der Waals surface area contributed by atoms with Crippen molar-refractivity contribution < 1.29 is 9.90 Å². The third-order valence-corrected chi connectivity index (χ3v) is 3.41. The molecule has 16 heavy (non-hydrogen) atoms. The fraction of sp³-hybridized carbons (Fsp3) is 0.111. The first kappa shape index (κ1) is 11.0. The van der Waals surface area contributed by atoms with Gasteiger partial charge >= 0.3 is 5.97 Å². The van der Waals surface area contributed by atoms with Crippen LogP contribution >= 0.6 is 23.1 Å². The summed E-state index contributed by atoms with van der Waals surface area (Å²) < 4.78 is 0. The molecule has 0 unspecified atom stereocenters. The molecule has 0 bridgehead atoms. The average Bonchev–Trinajstić information content (AvgIpc) is 2.76. The van der Waals surface area contributed by atoms with Crippen LogP contribution in [0.25, 0.3) is 0 Å². The van der Waals surface area contributed by atoms with Gasteiger partial charge in [0.2, 0.25) is 5.01 Å². The summed E-state index contributed by atoms with van der Waals surface area (Å²) in [5.74, 6) is -0.412. The minimum absolute atomic E-state index is 0.115. The van der Waals surface area contributed by atoms with Crippen LogP contribution in [0.15, 0.2) is 29.0 Å². The Morgan fingerprint density at radius 2 is 2.19 bits per heavy atom. The van der Waals surface area contributed by atoms with Crippen molar-refractivity contribution in [2.24, 2.45) is 0 Å². The standard InChI is InChI=1S/C9H7N3O2S2/c13-8(14)7-12-6(4-15-7)5-16-9-10-2-1-3-11-9/h1-4H,5H2,(H,13,14). The van der Waals surface area contributed by atoms with Crippen molar-refractivity contribution in [1.29, 1.82) is 0 Å². The number of aromatic nitrogens is 3. The number of carbonyl (C=O) groups is 1. The highest BCUT2D eigenvalue weighted by Gasteiger charge is 2.09. The van der Waals surface area contributed by atoms with E-state index in [0.29, 0.717) is 10.9 Å². The Kier molecular flexibility index (Phi) is 3.47. The predicted octanol–water partition coefficient (Wildman–Crippen LogP) is 1.92. The smallest absolute Gasteiger partial charge is 0.365 e. The van der Waals surface area contributed by atoms with Gasteiger partial charge in [0.05, 0.1) is 5.69 Å². The van der Waals surface area contributed by atoms with E-state index >= 15 is 0 Å². The Bertz CT molecular complexity index is 487. The quantitative estimate of drug-likeness (QED) is 0.662. The molecular weight excluding hydrogens is 246 g/mol. The van der Waals surface area contributed by atoms with Gasteiger partial charge in [0.1, 0.15) is 0 Å². The second kappa shape index (κ2) is 5.04. The van der Waals surface area contributed by atoms with E-state index in [-0.39, 0.29) is 5.01 Å². The van der Waals surface area contributed by atoms with Gasteiger partial charge in [-0.2, -0.15) is 0 Å². The zero-order valence-corrected chi connectivity index (χ0v) is 9.66. The van der Waals surface area contributed by atoms with Crippen molar-refractivity contribution in [1.82, 2.24) is 15.0 Å².